The Kier molecular flexibility index (Phi) is 7.23. The first kappa shape index (κ1) is 25.3. The highest BCUT2D eigenvalue weighted by Gasteiger charge is 2.35. The van der Waals surface area contributed by atoms with Crippen molar-refractivity contribution in [1.29, 1.82) is 0 Å². The lowest BCUT2D eigenvalue weighted by molar-refractivity contribution is 0.131. The van der Waals surface area contributed by atoms with Crippen molar-refractivity contribution in [3.05, 3.63) is 53.1 Å². The van der Waals surface area contributed by atoms with Crippen molar-refractivity contribution in [3.8, 4) is 5.75 Å². The first-order valence-electron chi connectivity index (χ1n) is 12.8. The molecule has 0 aliphatic carbocycles. The SMILES string of the molecule is CCc1noc(N2CCC([C@H](C)Oc3cnc(N4C[C@H](c5cc(C)c(F)cc5F)[C@@H](N)C4)nc3)CC2)n1. The zero-order valence-corrected chi connectivity index (χ0v) is 21.4. The molecule has 198 valence electrons. The fraction of sp³-hybridized carbons (Fsp3) is 0.538. The Morgan fingerprint density at radius 2 is 1.84 bits per heavy atom. The average Bonchev–Trinajstić information content (AvgIpc) is 3.54. The summed E-state index contributed by atoms with van der Waals surface area (Å²) < 4.78 is 39.7. The largest absolute Gasteiger partial charge is 0.487 e. The van der Waals surface area contributed by atoms with Crippen molar-refractivity contribution in [2.24, 2.45) is 11.7 Å². The van der Waals surface area contributed by atoms with E-state index >= 15 is 0 Å². The lowest BCUT2D eigenvalue weighted by Gasteiger charge is -2.33. The molecule has 2 saturated heterocycles. The van der Waals surface area contributed by atoms with Crippen molar-refractivity contribution < 1.29 is 18.0 Å². The second kappa shape index (κ2) is 10.6. The molecule has 11 heteroatoms. The molecule has 0 spiro atoms. The third-order valence-corrected chi connectivity index (χ3v) is 7.51. The van der Waals surface area contributed by atoms with Crippen molar-refractivity contribution in [1.82, 2.24) is 20.1 Å². The Labute approximate surface area is 215 Å². The summed E-state index contributed by atoms with van der Waals surface area (Å²) in [6.07, 6.45) is 6.00. The van der Waals surface area contributed by atoms with Crippen LogP contribution < -0.4 is 20.3 Å². The molecule has 0 bridgehead atoms. The second-order valence-corrected chi connectivity index (χ2v) is 10.0. The van der Waals surface area contributed by atoms with Crippen molar-refractivity contribution in [3.63, 3.8) is 0 Å². The molecule has 4 heterocycles. The van der Waals surface area contributed by atoms with E-state index in [9.17, 15) is 8.78 Å². The quantitative estimate of drug-likeness (QED) is 0.507. The number of aromatic nitrogens is 4. The predicted octanol–water partition coefficient (Wildman–Crippen LogP) is 3.62. The van der Waals surface area contributed by atoms with Gasteiger partial charge in [-0.05, 0) is 49.8 Å². The fourth-order valence-electron chi connectivity index (χ4n) is 5.21. The minimum Gasteiger partial charge on any atom is -0.487 e. The molecule has 0 saturated carbocycles. The molecule has 0 unspecified atom stereocenters. The second-order valence-electron chi connectivity index (χ2n) is 10.0. The molecule has 2 aliphatic rings. The van der Waals surface area contributed by atoms with Crippen molar-refractivity contribution >= 4 is 12.0 Å². The maximum Gasteiger partial charge on any atom is 0.324 e. The number of benzene rings is 1. The van der Waals surface area contributed by atoms with Gasteiger partial charge in [0.05, 0.1) is 18.5 Å². The Hall–Kier alpha value is -3.34. The zero-order valence-electron chi connectivity index (χ0n) is 21.4. The molecule has 2 aliphatic heterocycles. The summed E-state index contributed by atoms with van der Waals surface area (Å²) in [5.74, 6) is 0.821. The maximum atomic E-state index is 14.5. The first-order chi connectivity index (χ1) is 17.8. The molecule has 1 aromatic carbocycles. The average molecular weight is 514 g/mol. The van der Waals surface area contributed by atoms with Gasteiger partial charge in [-0.1, -0.05) is 12.1 Å². The molecule has 2 aromatic heterocycles. The molecule has 0 radical (unpaired) electrons. The van der Waals surface area contributed by atoms with E-state index in [1.54, 1.807) is 25.4 Å². The van der Waals surface area contributed by atoms with Gasteiger partial charge in [-0.2, -0.15) is 4.98 Å². The summed E-state index contributed by atoms with van der Waals surface area (Å²) in [6, 6.07) is 2.76. The summed E-state index contributed by atoms with van der Waals surface area (Å²) >= 11 is 0. The third-order valence-electron chi connectivity index (χ3n) is 7.51. The highest BCUT2D eigenvalue weighted by molar-refractivity contribution is 5.40. The van der Waals surface area contributed by atoms with E-state index < -0.39 is 11.6 Å². The lowest BCUT2D eigenvalue weighted by Crippen LogP contribution is -2.38. The van der Waals surface area contributed by atoms with Crippen LogP contribution in [0, 0.1) is 24.5 Å². The highest BCUT2D eigenvalue weighted by Crippen LogP contribution is 2.32. The van der Waals surface area contributed by atoms with Crippen molar-refractivity contribution in [2.45, 2.75) is 58.1 Å². The number of rotatable bonds is 7. The van der Waals surface area contributed by atoms with Gasteiger partial charge in [0, 0.05) is 50.6 Å². The van der Waals surface area contributed by atoms with Crippen LogP contribution in [0.3, 0.4) is 0 Å². The van der Waals surface area contributed by atoms with Gasteiger partial charge in [0.2, 0.25) is 5.95 Å². The molecule has 3 atom stereocenters. The number of ether oxygens (including phenoxy) is 1. The van der Waals surface area contributed by atoms with Gasteiger partial charge in [-0.15, -0.1) is 0 Å². The molecule has 2 N–H and O–H groups in total. The number of anilines is 2. The normalized spacial score (nSPS) is 21.5. The van der Waals surface area contributed by atoms with Gasteiger partial charge in [0.25, 0.3) is 0 Å². The van der Waals surface area contributed by atoms with E-state index in [1.807, 2.05) is 11.8 Å². The zero-order chi connectivity index (χ0) is 26.1. The van der Waals surface area contributed by atoms with Crippen LogP contribution in [0.1, 0.15) is 49.6 Å². The summed E-state index contributed by atoms with van der Waals surface area (Å²) in [6.45, 7) is 8.31. The van der Waals surface area contributed by atoms with E-state index in [-0.39, 0.29) is 18.1 Å². The summed E-state index contributed by atoms with van der Waals surface area (Å²) in [4.78, 5) is 17.4. The van der Waals surface area contributed by atoms with Gasteiger partial charge in [0.1, 0.15) is 11.6 Å². The molecule has 2 fully saturated rings. The molecule has 0 amide bonds. The number of halogens is 2. The molecule has 37 heavy (non-hydrogen) atoms. The van der Waals surface area contributed by atoms with Crippen LogP contribution in [0.2, 0.25) is 0 Å². The van der Waals surface area contributed by atoms with Crippen molar-refractivity contribution in [2.75, 3.05) is 36.0 Å². The Morgan fingerprint density at radius 3 is 2.51 bits per heavy atom. The van der Waals surface area contributed by atoms with E-state index in [4.69, 9.17) is 15.0 Å². The van der Waals surface area contributed by atoms with Crippen LogP contribution in [-0.2, 0) is 6.42 Å². The van der Waals surface area contributed by atoms with Gasteiger partial charge in [0.15, 0.2) is 11.6 Å². The first-order valence-corrected chi connectivity index (χ1v) is 12.8. The monoisotopic (exact) mass is 513 g/mol. The molecule has 9 nitrogen and oxygen atoms in total. The fourth-order valence-corrected chi connectivity index (χ4v) is 5.21. The number of aryl methyl sites for hydroxylation is 2. The highest BCUT2D eigenvalue weighted by atomic mass is 19.1. The van der Waals surface area contributed by atoms with E-state index in [0.29, 0.717) is 47.8 Å². The van der Waals surface area contributed by atoms with Crippen LogP contribution in [0.25, 0.3) is 0 Å². The Balaban J connectivity index is 1.16. The van der Waals surface area contributed by atoms with Gasteiger partial charge < -0.3 is 24.8 Å². The van der Waals surface area contributed by atoms with Gasteiger partial charge in [-0.3, -0.25) is 0 Å². The number of nitrogens with zero attached hydrogens (tertiary/aromatic N) is 6. The predicted molar refractivity (Wildman–Crippen MR) is 135 cm³/mol. The number of hydrogen-bond acceptors (Lipinski definition) is 9. The van der Waals surface area contributed by atoms with Crippen LogP contribution in [0.5, 0.6) is 5.75 Å². The van der Waals surface area contributed by atoms with Crippen LogP contribution in [-0.4, -0.2) is 58.4 Å². The summed E-state index contributed by atoms with van der Waals surface area (Å²) in [7, 11) is 0. The Morgan fingerprint density at radius 1 is 1.11 bits per heavy atom. The molecule has 5 rings (SSSR count). The van der Waals surface area contributed by atoms with E-state index in [1.165, 1.54) is 0 Å². The summed E-state index contributed by atoms with van der Waals surface area (Å²) in [5, 5.41) is 3.98. The van der Waals surface area contributed by atoms with E-state index in [0.717, 1.165) is 44.2 Å². The molecular weight excluding hydrogens is 480 g/mol. The Bertz CT molecular complexity index is 1210. The number of nitrogens with two attached hydrogens (primary N) is 1. The topological polar surface area (TPSA) is 106 Å². The molecular formula is C26H33F2N7O2. The molecule has 3 aromatic rings. The minimum absolute atomic E-state index is 0.000215. The lowest BCUT2D eigenvalue weighted by atomic mass is 9.92. The van der Waals surface area contributed by atoms with Crippen LogP contribution in [0.4, 0.5) is 20.7 Å². The smallest absolute Gasteiger partial charge is 0.324 e. The standard InChI is InChI=1S/C26H33F2N7O2/c1-4-24-32-26(37-33-24)34-7-5-17(6-8-34)16(3)36-18-11-30-25(31-12-18)35-13-20(23(29)14-35)19-9-15(2)21(27)10-22(19)28/h9-12,16-17,20,23H,4-8,13-14,29H2,1-3H3/t16-,20+,23-/m0/s1. The third kappa shape index (κ3) is 5.36. The minimum atomic E-state index is -0.572. The number of piperidine rings is 1. The van der Waals surface area contributed by atoms with E-state index in [2.05, 4.69) is 31.9 Å². The maximum absolute atomic E-state index is 14.5. The van der Waals surface area contributed by atoms with Gasteiger partial charge in [-0.25, -0.2) is 18.7 Å². The van der Waals surface area contributed by atoms with Gasteiger partial charge >= 0.3 is 6.01 Å². The summed E-state index contributed by atoms with van der Waals surface area (Å²) in [5.41, 5.74) is 7.16. The van der Waals surface area contributed by atoms with Crippen LogP contribution in [0.15, 0.2) is 29.0 Å². The van der Waals surface area contributed by atoms with Crippen LogP contribution >= 0.6 is 0 Å². The number of hydrogen-bond donors (Lipinski definition) is 1.